The molecule has 5 nitrogen and oxygen atoms in total. The number of hydrogen-bond donors (Lipinski definition) is 0. The fraction of sp³-hybridized carbons (Fsp3) is 0.706. The summed E-state index contributed by atoms with van der Waals surface area (Å²) in [5.41, 5.74) is 2.65. The van der Waals surface area contributed by atoms with Crippen molar-refractivity contribution in [3.05, 3.63) is 17.6 Å². The van der Waals surface area contributed by atoms with E-state index < -0.39 is 0 Å². The molecule has 1 unspecified atom stereocenters. The molecule has 22 heavy (non-hydrogen) atoms. The summed E-state index contributed by atoms with van der Waals surface area (Å²) in [5.74, 6) is 3.55. The van der Waals surface area contributed by atoms with Gasteiger partial charge in [0, 0.05) is 31.0 Å². The van der Waals surface area contributed by atoms with Gasteiger partial charge in [0.05, 0.1) is 6.20 Å². The zero-order chi connectivity index (χ0) is 15.1. The van der Waals surface area contributed by atoms with E-state index in [1.807, 2.05) is 0 Å². The van der Waals surface area contributed by atoms with E-state index in [0.717, 1.165) is 43.5 Å². The van der Waals surface area contributed by atoms with Crippen LogP contribution in [0, 0.1) is 5.92 Å². The summed E-state index contributed by atoms with van der Waals surface area (Å²) in [6.45, 7) is 6.37. The minimum atomic E-state index is 0.594. The molecular weight excluding hydrogens is 274 g/mol. The average Bonchev–Trinajstić information content (AvgIpc) is 3.25. The van der Waals surface area contributed by atoms with Gasteiger partial charge in [-0.25, -0.2) is 0 Å². The quantitative estimate of drug-likeness (QED) is 0.869. The van der Waals surface area contributed by atoms with Gasteiger partial charge in [-0.15, -0.1) is 10.2 Å². The standard InChI is InChI=1S/C17H25N5/c1-3-9-22-16-13(10-18-22)14(12-7-5-6-8-12)11-21-15(4-2)19-20-17(16)21/h10,12,14H,3-9,11H2,1-2H3. The molecule has 0 bridgehead atoms. The Bertz CT molecular complexity index is 663. The average molecular weight is 299 g/mol. The first-order valence-corrected chi connectivity index (χ1v) is 8.81. The molecule has 0 radical (unpaired) electrons. The van der Waals surface area contributed by atoms with Gasteiger partial charge in [0.15, 0.2) is 5.82 Å². The Balaban J connectivity index is 1.83. The van der Waals surface area contributed by atoms with Crippen molar-refractivity contribution < 1.29 is 0 Å². The van der Waals surface area contributed by atoms with E-state index in [4.69, 9.17) is 0 Å². The molecule has 5 heteroatoms. The summed E-state index contributed by atoms with van der Waals surface area (Å²) >= 11 is 0. The van der Waals surface area contributed by atoms with Crippen LogP contribution >= 0.6 is 0 Å². The fourth-order valence-corrected chi connectivity index (χ4v) is 4.32. The van der Waals surface area contributed by atoms with Gasteiger partial charge in [-0.2, -0.15) is 5.10 Å². The van der Waals surface area contributed by atoms with Gasteiger partial charge in [-0.05, 0) is 25.2 Å². The SMILES string of the molecule is CCCn1ncc2c1-c1nnc(CC)n1CC2C1CCCC1. The Morgan fingerprint density at radius 3 is 2.73 bits per heavy atom. The maximum Gasteiger partial charge on any atom is 0.182 e. The van der Waals surface area contributed by atoms with Crippen LogP contribution in [-0.2, 0) is 19.5 Å². The number of rotatable bonds is 4. The van der Waals surface area contributed by atoms with E-state index in [-0.39, 0.29) is 0 Å². The topological polar surface area (TPSA) is 48.5 Å². The number of nitrogens with zero attached hydrogens (tertiary/aromatic N) is 5. The van der Waals surface area contributed by atoms with E-state index in [1.54, 1.807) is 0 Å². The molecule has 0 amide bonds. The first-order chi connectivity index (χ1) is 10.8. The smallest absolute Gasteiger partial charge is 0.182 e. The van der Waals surface area contributed by atoms with E-state index in [0.29, 0.717) is 5.92 Å². The third-order valence-corrected chi connectivity index (χ3v) is 5.41. The molecule has 2 aromatic heterocycles. The zero-order valence-electron chi connectivity index (χ0n) is 13.6. The third-order valence-electron chi connectivity index (χ3n) is 5.41. The molecule has 1 aliphatic carbocycles. The molecular formula is C17H25N5. The van der Waals surface area contributed by atoms with Crippen LogP contribution in [0.4, 0.5) is 0 Å². The van der Waals surface area contributed by atoms with Crippen molar-refractivity contribution in [1.82, 2.24) is 24.5 Å². The van der Waals surface area contributed by atoms with Crippen LogP contribution in [-0.4, -0.2) is 24.5 Å². The summed E-state index contributed by atoms with van der Waals surface area (Å²) in [5, 5.41) is 13.6. The molecule has 1 atom stereocenters. The van der Waals surface area contributed by atoms with Crippen LogP contribution in [0.15, 0.2) is 6.20 Å². The van der Waals surface area contributed by atoms with Gasteiger partial charge in [-0.1, -0.05) is 26.7 Å². The van der Waals surface area contributed by atoms with Crippen LogP contribution in [0.3, 0.4) is 0 Å². The second-order valence-corrected chi connectivity index (χ2v) is 6.73. The van der Waals surface area contributed by atoms with E-state index in [9.17, 15) is 0 Å². The van der Waals surface area contributed by atoms with Crippen molar-refractivity contribution in [2.24, 2.45) is 5.92 Å². The lowest BCUT2D eigenvalue weighted by molar-refractivity contribution is 0.377. The fourth-order valence-electron chi connectivity index (χ4n) is 4.32. The third kappa shape index (κ3) is 2.02. The van der Waals surface area contributed by atoms with E-state index in [2.05, 4.69) is 44.6 Å². The summed E-state index contributed by atoms with van der Waals surface area (Å²) in [6, 6.07) is 0. The van der Waals surface area contributed by atoms with Crippen LogP contribution < -0.4 is 0 Å². The van der Waals surface area contributed by atoms with Gasteiger partial charge < -0.3 is 4.57 Å². The number of fused-ring (bicyclic) bond motifs is 3. The number of hydrogen-bond acceptors (Lipinski definition) is 3. The zero-order valence-corrected chi connectivity index (χ0v) is 13.6. The van der Waals surface area contributed by atoms with Crippen LogP contribution in [0.2, 0.25) is 0 Å². The Kier molecular flexibility index (Phi) is 3.51. The second-order valence-electron chi connectivity index (χ2n) is 6.73. The van der Waals surface area contributed by atoms with Gasteiger partial charge in [0.1, 0.15) is 11.5 Å². The minimum absolute atomic E-state index is 0.594. The lowest BCUT2D eigenvalue weighted by Crippen LogP contribution is -2.24. The minimum Gasteiger partial charge on any atom is -0.309 e. The lowest BCUT2D eigenvalue weighted by atomic mass is 9.83. The highest BCUT2D eigenvalue weighted by Crippen LogP contribution is 2.44. The van der Waals surface area contributed by atoms with Crippen LogP contribution in [0.5, 0.6) is 0 Å². The summed E-state index contributed by atoms with van der Waals surface area (Å²) in [7, 11) is 0. The van der Waals surface area contributed by atoms with Crippen LogP contribution in [0.25, 0.3) is 11.5 Å². The van der Waals surface area contributed by atoms with E-state index >= 15 is 0 Å². The summed E-state index contributed by atoms with van der Waals surface area (Å²) in [4.78, 5) is 0. The first kappa shape index (κ1) is 14.0. The molecule has 118 valence electrons. The first-order valence-electron chi connectivity index (χ1n) is 8.81. The molecule has 1 aliphatic heterocycles. The van der Waals surface area contributed by atoms with Crippen molar-refractivity contribution in [3.63, 3.8) is 0 Å². The molecule has 3 heterocycles. The second kappa shape index (κ2) is 5.52. The Morgan fingerprint density at radius 1 is 1.18 bits per heavy atom. The Morgan fingerprint density at radius 2 is 2.00 bits per heavy atom. The molecule has 0 spiro atoms. The lowest BCUT2D eigenvalue weighted by Gasteiger charge is -2.29. The predicted octanol–water partition coefficient (Wildman–Crippen LogP) is 3.40. The summed E-state index contributed by atoms with van der Waals surface area (Å²) < 4.78 is 4.51. The molecule has 1 saturated carbocycles. The van der Waals surface area contributed by atoms with Crippen molar-refractivity contribution in [1.29, 1.82) is 0 Å². The maximum absolute atomic E-state index is 4.68. The van der Waals surface area contributed by atoms with Crippen molar-refractivity contribution in [2.45, 2.75) is 71.4 Å². The number of aryl methyl sites for hydroxylation is 2. The van der Waals surface area contributed by atoms with E-state index in [1.165, 1.54) is 36.9 Å². The van der Waals surface area contributed by atoms with Gasteiger partial charge in [0.25, 0.3) is 0 Å². The highest BCUT2D eigenvalue weighted by Gasteiger charge is 2.36. The normalized spacial score (nSPS) is 21.1. The van der Waals surface area contributed by atoms with Gasteiger partial charge in [-0.3, -0.25) is 4.68 Å². The molecule has 4 rings (SSSR count). The molecule has 2 aromatic rings. The Hall–Kier alpha value is -1.65. The summed E-state index contributed by atoms with van der Waals surface area (Å²) in [6.07, 6.45) is 9.64. The molecule has 2 aliphatic rings. The van der Waals surface area contributed by atoms with Crippen molar-refractivity contribution in [2.75, 3.05) is 0 Å². The molecule has 0 aromatic carbocycles. The van der Waals surface area contributed by atoms with Gasteiger partial charge >= 0.3 is 0 Å². The van der Waals surface area contributed by atoms with Crippen molar-refractivity contribution >= 4 is 0 Å². The predicted molar refractivity (Wildman–Crippen MR) is 85.6 cm³/mol. The largest absolute Gasteiger partial charge is 0.309 e. The monoisotopic (exact) mass is 299 g/mol. The highest BCUT2D eigenvalue weighted by molar-refractivity contribution is 5.59. The highest BCUT2D eigenvalue weighted by atomic mass is 15.3. The van der Waals surface area contributed by atoms with Gasteiger partial charge in [0.2, 0.25) is 0 Å². The van der Waals surface area contributed by atoms with Crippen LogP contribution in [0.1, 0.15) is 63.3 Å². The number of aromatic nitrogens is 5. The molecule has 1 fully saturated rings. The molecule has 0 N–H and O–H groups in total. The molecule has 0 saturated heterocycles. The maximum atomic E-state index is 4.68. The Labute approximate surface area is 131 Å². The van der Waals surface area contributed by atoms with Crippen molar-refractivity contribution in [3.8, 4) is 11.5 Å².